The lowest BCUT2D eigenvalue weighted by Crippen LogP contribution is -2.51. The van der Waals surface area contributed by atoms with Gasteiger partial charge in [-0.2, -0.15) is 0 Å². The molecule has 1 heterocycles. The molecule has 1 fully saturated rings. The zero-order valence-corrected chi connectivity index (χ0v) is 13.3. The number of nitrogens with zero attached hydrogens (tertiary/aromatic N) is 1. The fourth-order valence-electron chi connectivity index (χ4n) is 2.48. The van der Waals surface area contributed by atoms with E-state index < -0.39 is 17.4 Å². The summed E-state index contributed by atoms with van der Waals surface area (Å²) in [5.41, 5.74) is -0.467. The van der Waals surface area contributed by atoms with Gasteiger partial charge in [-0.1, -0.05) is 27.7 Å². The van der Waals surface area contributed by atoms with Gasteiger partial charge in [-0.05, 0) is 19.3 Å². The minimum atomic E-state index is -1.02. The van der Waals surface area contributed by atoms with Gasteiger partial charge in [0.05, 0.1) is 5.92 Å². The van der Waals surface area contributed by atoms with Crippen LogP contribution in [0.2, 0.25) is 0 Å². The Morgan fingerprint density at radius 1 is 1.33 bits per heavy atom. The van der Waals surface area contributed by atoms with Gasteiger partial charge in [0.1, 0.15) is 6.04 Å². The number of carbonyl (C=O) groups excluding carboxylic acids is 2. The molecule has 1 aliphatic rings. The number of nitrogens with one attached hydrogen (secondary N) is 1. The molecule has 1 aliphatic heterocycles. The van der Waals surface area contributed by atoms with Gasteiger partial charge in [0.15, 0.2) is 0 Å². The van der Waals surface area contributed by atoms with Crippen LogP contribution >= 0.6 is 0 Å². The number of rotatable bonds is 4. The number of hydrogen-bond donors (Lipinski definition) is 2. The number of aliphatic carboxylic acids is 1. The highest BCUT2D eigenvalue weighted by molar-refractivity contribution is 5.86. The van der Waals surface area contributed by atoms with Crippen molar-refractivity contribution in [2.75, 3.05) is 13.1 Å². The first-order valence-electron chi connectivity index (χ1n) is 7.49. The molecule has 1 saturated heterocycles. The number of amides is 2. The molecule has 0 bridgehead atoms. The number of hydrogen-bond acceptors (Lipinski definition) is 3. The second-order valence-electron chi connectivity index (χ2n) is 6.65. The molecule has 0 saturated carbocycles. The van der Waals surface area contributed by atoms with E-state index in [2.05, 4.69) is 5.32 Å². The molecule has 0 spiro atoms. The van der Waals surface area contributed by atoms with Crippen molar-refractivity contribution in [1.29, 1.82) is 0 Å². The van der Waals surface area contributed by atoms with Crippen molar-refractivity contribution in [3.8, 4) is 0 Å². The number of carboxylic acids is 1. The molecule has 6 nitrogen and oxygen atoms in total. The van der Waals surface area contributed by atoms with Crippen LogP contribution in [-0.4, -0.2) is 46.9 Å². The van der Waals surface area contributed by atoms with Crippen LogP contribution in [0.1, 0.15) is 47.0 Å². The predicted molar refractivity (Wildman–Crippen MR) is 78.6 cm³/mol. The third kappa shape index (κ3) is 4.72. The van der Waals surface area contributed by atoms with Crippen LogP contribution in [0.3, 0.4) is 0 Å². The molecule has 2 unspecified atom stereocenters. The maximum Gasteiger partial charge on any atom is 0.326 e. The van der Waals surface area contributed by atoms with Crippen molar-refractivity contribution in [2.45, 2.75) is 53.0 Å². The van der Waals surface area contributed by atoms with Gasteiger partial charge < -0.3 is 15.3 Å². The van der Waals surface area contributed by atoms with E-state index in [9.17, 15) is 14.4 Å². The molecule has 2 amide bonds. The Balaban J connectivity index is 2.66. The van der Waals surface area contributed by atoms with Gasteiger partial charge in [-0.15, -0.1) is 0 Å². The first-order valence-corrected chi connectivity index (χ1v) is 7.49. The van der Waals surface area contributed by atoms with Gasteiger partial charge in [0, 0.05) is 18.5 Å². The van der Waals surface area contributed by atoms with Crippen molar-refractivity contribution in [3.63, 3.8) is 0 Å². The van der Waals surface area contributed by atoms with Gasteiger partial charge in [0.25, 0.3) is 0 Å². The summed E-state index contributed by atoms with van der Waals surface area (Å²) in [5, 5.41) is 11.5. The SMILES string of the molecule is CCC(NC(=O)C1CCCN(C(=O)C(C)(C)C)C1)C(=O)O. The van der Waals surface area contributed by atoms with Crippen LogP contribution in [0.25, 0.3) is 0 Å². The smallest absolute Gasteiger partial charge is 0.326 e. The number of carboxylic acid groups (broad SMARTS) is 1. The van der Waals surface area contributed by atoms with E-state index in [1.807, 2.05) is 20.8 Å². The predicted octanol–water partition coefficient (Wildman–Crippen LogP) is 1.25. The van der Waals surface area contributed by atoms with E-state index in [0.717, 1.165) is 6.42 Å². The standard InChI is InChI=1S/C15H26N2O4/c1-5-11(13(19)20)16-12(18)10-7-6-8-17(9-10)14(21)15(2,3)4/h10-11H,5-9H2,1-4H3,(H,16,18)(H,19,20). The summed E-state index contributed by atoms with van der Waals surface area (Å²) in [4.78, 5) is 37.1. The van der Waals surface area contributed by atoms with E-state index in [-0.39, 0.29) is 17.7 Å². The van der Waals surface area contributed by atoms with Gasteiger partial charge in [-0.3, -0.25) is 9.59 Å². The molecule has 0 aromatic rings. The monoisotopic (exact) mass is 298 g/mol. The first kappa shape index (κ1) is 17.5. The Bertz CT molecular complexity index is 414. The van der Waals surface area contributed by atoms with Gasteiger partial charge in [-0.25, -0.2) is 4.79 Å². The summed E-state index contributed by atoms with van der Waals surface area (Å²) in [5.74, 6) is -1.58. The zero-order chi connectivity index (χ0) is 16.2. The van der Waals surface area contributed by atoms with Gasteiger partial charge >= 0.3 is 5.97 Å². The summed E-state index contributed by atoms with van der Waals surface area (Å²) in [6.45, 7) is 8.33. The first-order chi connectivity index (χ1) is 9.66. The van der Waals surface area contributed by atoms with Crippen molar-refractivity contribution < 1.29 is 19.5 Å². The molecule has 0 aromatic carbocycles. The van der Waals surface area contributed by atoms with E-state index in [0.29, 0.717) is 25.9 Å². The van der Waals surface area contributed by atoms with Crippen molar-refractivity contribution >= 4 is 17.8 Å². The zero-order valence-electron chi connectivity index (χ0n) is 13.3. The van der Waals surface area contributed by atoms with Crippen LogP contribution in [0.4, 0.5) is 0 Å². The molecule has 120 valence electrons. The molecule has 21 heavy (non-hydrogen) atoms. The molecule has 2 N–H and O–H groups in total. The quantitative estimate of drug-likeness (QED) is 0.818. The van der Waals surface area contributed by atoms with Crippen molar-refractivity contribution in [3.05, 3.63) is 0 Å². The van der Waals surface area contributed by atoms with E-state index in [1.54, 1.807) is 11.8 Å². The summed E-state index contributed by atoms with van der Waals surface area (Å²) in [6.07, 6.45) is 1.80. The molecule has 0 aromatic heterocycles. The van der Waals surface area contributed by atoms with Crippen LogP contribution in [0.15, 0.2) is 0 Å². The maximum atomic E-state index is 12.3. The summed E-state index contributed by atoms with van der Waals surface area (Å²) in [7, 11) is 0. The maximum absolute atomic E-state index is 12.3. The van der Waals surface area contributed by atoms with Crippen LogP contribution in [0, 0.1) is 11.3 Å². The van der Waals surface area contributed by atoms with Gasteiger partial charge in [0.2, 0.25) is 11.8 Å². The Labute approximate surface area is 125 Å². The molecular weight excluding hydrogens is 272 g/mol. The highest BCUT2D eigenvalue weighted by Crippen LogP contribution is 2.23. The molecule has 0 aliphatic carbocycles. The lowest BCUT2D eigenvalue weighted by atomic mass is 9.90. The molecular formula is C15H26N2O4. The number of likely N-dealkylation sites (tertiary alicyclic amines) is 1. The van der Waals surface area contributed by atoms with E-state index in [1.165, 1.54) is 0 Å². The van der Waals surface area contributed by atoms with E-state index in [4.69, 9.17) is 5.11 Å². The fraction of sp³-hybridized carbons (Fsp3) is 0.800. The van der Waals surface area contributed by atoms with Crippen molar-refractivity contribution in [1.82, 2.24) is 10.2 Å². The molecule has 1 rings (SSSR count). The van der Waals surface area contributed by atoms with Crippen molar-refractivity contribution in [2.24, 2.45) is 11.3 Å². The third-order valence-corrected chi connectivity index (χ3v) is 3.74. The fourth-order valence-corrected chi connectivity index (χ4v) is 2.48. The Kier molecular flexibility index (Phi) is 5.75. The lowest BCUT2D eigenvalue weighted by molar-refractivity contribution is -0.145. The van der Waals surface area contributed by atoms with Crippen LogP contribution < -0.4 is 5.32 Å². The normalized spacial score (nSPS) is 20.8. The summed E-state index contributed by atoms with van der Waals surface area (Å²) >= 11 is 0. The number of carbonyl (C=O) groups is 3. The summed E-state index contributed by atoms with van der Waals surface area (Å²) in [6, 6.07) is -0.855. The topological polar surface area (TPSA) is 86.7 Å². The highest BCUT2D eigenvalue weighted by Gasteiger charge is 2.34. The Hall–Kier alpha value is -1.59. The molecule has 0 radical (unpaired) electrons. The minimum absolute atomic E-state index is 0.0327. The Morgan fingerprint density at radius 2 is 1.95 bits per heavy atom. The van der Waals surface area contributed by atoms with Crippen LogP contribution in [-0.2, 0) is 14.4 Å². The minimum Gasteiger partial charge on any atom is -0.480 e. The number of piperidine rings is 1. The largest absolute Gasteiger partial charge is 0.480 e. The summed E-state index contributed by atoms with van der Waals surface area (Å²) < 4.78 is 0. The molecule has 2 atom stereocenters. The average Bonchev–Trinajstić information content (AvgIpc) is 2.42. The highest BCUT2D eigenvalue weighted by atomic mass is 16.4. The second-order valence-corrected chi connectivity index (χ2v) is 6.65. The average molecular weight is 298 g/mol. The second kappa shape index (κ2) is 6.91. The third-order valence-electron chi connectivity index (χ3n) is 3.74. The molecule has 6 heteroatoms. The Morgan fingerprint density at radius 3 is 2.43 bits per heavy atom. The van der Waals surface area contributed by atoms with E-state index >= 15 is 0 Å². The van der Waals surface area contributed by atoms with Crippen LogP contribution in [0.5, 0.6) is 0 Å². The lowest BCUT2D eigenvalue weighted by Gasteiger charge is -2.36.